The van der Waals surface area contributed by atoms with Gasteiger partial charge in [-0.25, -0.2) is 4.39 Å². The summed E-state index contributed by atoms with van der Waals surface area (Å²) < 4.78 is 13.4. The van der Waals surface area contributed by atoms with Crippen LogP contribution in [0.3, 0.4) is 0 Å². The van der Waals surface area contributed by atoms with E-state index in [0.717, 1.165) is 18.2 Å². The number of amides is 3. The van der Waals surface area contributed by atoms with Crippen LogP contribution in [0.5, 0.6) is 0 Å². The summed E-state index contributed by atoms with van der Waals surface area (Å²) in [6, 6.07) is 8.77. The third-order valence-corrected chi connectivity index (χ3v) is 5.94. The first-order chi connectivity index (χ1) is 17.8. The van der Waals surface area contributed by atoms with Crippen LogP contribution in [0.1, 0.15) is 55.6 Å². The molecular formula is C26H29FN4O7. The van der Waals surface area contributed by atoms with Gasteiger partial charge in [-0.05, 0) is 35.2 Å². The minimum Gasteiger partial charge on any atom is -0.481 e. The number of benzene rings is 2. The maximum absolute atomic E-state index is 13.6. The lowest BCUT2D eigenvalue weighted by atomic mass is 9.91. The number of carbonyl (C=O) groups is 4. The normalized spacial score (nSPS) is 16.2. The Labute approximate surface area is 218 Å². The van der Waals surface area contributed by atoms with Gasteiger partial charge in [0.05, 0.1) is 17.4 Å². The highest BCUT2D eigenvalue weighted by Crippen LogP contribution is 2.27. The molecule has 0 aromatic heterocycles. The summed E-state index contributed by atoms with van der Waals surface area (Å²) in [6.07, 6.45) is -1.92. The van der Waals surface area contributed by atoms with Crippen LogP contribution in [0.4, 0.5) is 10.1 Å². The molecule has 0 bridgehead atoms. The van der Waals surface area contributed by atoms with E-state index >= 15 is 0 Å². The van der Waals surface area contributed by atoms with E-state index in [2.05, 4.69) is 5.32 Å². The summed E-state index contributed by atoms with van der Waals surface area (Å²) in [7, 11) is 0. The van der Waals surface area contributed by atoms with Gasteiger partial charge in [-0.15, -0.1) is 0 Å². The number of hydrogen-bond acceptors (Lipinski definition) is 6. The molecule has 1 aliphatic heterocycles. The summed E-state index contributed by atoms with van der Waals surface area (Å²) in [5.41, 5.74) is -0.420. The molecule has 2 aromatic carbocycles. The molecule has 2 unspecified atom stereocenters. The van der Waals surface area contributed by atoms with Gasteiger partial charge in [0.15, 0.2) is 6.17 Å². The summed E-state index contributed by atoms with van der Waals surface area (Å²) in [6.45, 7) is 5.62. The largest absolute Gasteiger partial charge is 0.481 e. The summed E-state index contributed by atoms with van der Waals surface area (Å²) >= 11 is 0. The Morgan fingerprint density at radius 2 is 1.74 bits per heavy atom. The van der Waals surface area contributed by atoms with E-state index in [1.54, 1.807) is 0 Å². The van der Waals surface area contributed by atoms with Crippen molar-refractivity contribution in [1.82, 2.24) is 15.1 Å². The Balaban J connectivity index is 1.96. The fourth-order valence-electron chi connectivity index (χ4n) is 4.23. The van der Waals surface area contributed by atoms with Gasteiger partial charge in [0.2, 0.25) is 5.91 Å². The number of halogens is 1. The van der Waals surface area contributed by atoms with Crippen LogP contribution in [-0.4, -0.2) is 62.8 Å². The number of nitrogens with one attached hydrogen (secondary N) is 1. The Morgan fingerprint density at radius 1 is 1.11 bits per heavy atom. The monoisotopic (exact) mass is 528 g/mol. The molecule has 3 rings (SSSR count). The molecule has 1 fully saturated rings. The van der Waals surface area contributed by atoms with Crippen molar-refractivity contribution in [2.75, 3.05) is 13.1 Å². The second-order valence-corrected chi connectivity index (χ2v) is 10.2. The molecule has 0 saturated carbocycles. The summed E-state index contributed by atoms with van der Waals surface area (Å²) in [5.74, 6) is -3.63. The number of carbonyl (C=O) groups excluding carboxylic acids is 3. The zero-order valence-electron chi connectivity index (χ0n) is 21.2. The number of nitro benzene ring substituents is 1. The van der Waals surface area contributed by atoms with Gasteiger partial charge < -0.3 is 20.2 Å². The third-order valence-electron chi connectivity index (χ3n) is 5.94. The molecule has 38 heavy (non-hydrogen) atoms. The van der Waals surface area contributed by atoms with Crippen LogP contribution >= 0.6 is 0 Å². The van der Waals surface area contributed by atoms with Crippen molar-refractivity contribution in [1.29, 1.82) is 0 Å². The molecule has 1 heterocycles. The topological polar surface area (TPSA) is 150 Å². The minimum absolute atomic E-state index is 0.0184. The molecule has 2 N–H and O–H groups in total. The predicted octanol–water partition coefficient (Wildman–Crippen LogP) is 3.11. The van der Waals surface area contributed by atoms with E-state index in [-0.39, 0.29) is 42.2 Å². The number of hydrogen-bond donors (Lipinski definition) is 2. The highest BCUT2D eigenvalue weighted by atomic mass is 19.1. The van der Waals surface area contributed by atoms with Crippen LogP contribution in [0.15, 0.2) is 48.5 Å². The molecular weight excluding hydrogens is 499 g/mol. The van der Waals surface area contributed by atoms with Gasteiger partial charge in [-0.2, -0.15) is 0 Å². The lowest BCUT2D eigenvalue weighted by molar-refractivity contribution is -0.384. The lowest BCUT2D eigenvalue weighted by Gasteiger charge is -2.32. The molecule has 2 atom stereocenters. The maximum atomic E-state index is 13.6. The van der Waals surface area contributed by atoms with Gasteiger partial charge in [0.1, 0.15) is 5.82 Å². The highest BCUT2D eigenvalue weighted by Gasteiger charge is 2.44. The molecule has 1 aliphatic rings. The number of rotatable bonds is 8. The number of non-ortho nitro benzene ring substituents is 1. The van der Waals surface area contributed by atoms with Crippen molar-refractivity contribution in [2.45, 2.75) is 45.8 Å². The lowest BCUT2D eigenvalue weighted by Crippen LogP contribution is -2.54. The van der Waals surface area contributed by atoms with Crippen molar-refractivity contribution in [3.8, 4) is 0 Å². The number of aliphatic carboxylic acids is 1. The summed E-state index contributed by atoms with van der Waals surface area (Å²) in [4.78, 5) is 64.7. The Morgan fingerprint density at radius 3 is 2.32 bits per heavy atom. The molecule has 11 nitrogen and oxygen atoms in total. The number of carboxylic acid groups (broad SMARTS) is 1. The van der Waals surface area contributed by atoms with Gasteiger partial charge in [0.25, 0.3) is 17.5 Å². The van der Waals surface area contributed by atoms with Gasteiger partial charge in [-0.1, -0.05) is 32.9 Å². The summed E-state index contributed by atoms with van der Waals surface area (Å²) in [5, 5.41) is 23.2. The molecule has 202 valence electrons. The van der Waals surface area contributed by atoms with Crippen molar-refractivity contribution < 1.29 is 33.6 Å². The smallest absolute Gasteiger partial charge is 0.305 e. The number of nitro groups is 1. The molecule has 0 spiro atoms. The first-order valence-corrected chi connectivity index (χ1v) is 11.9. The molecule has 3 amide bonds. The molecule has 2 aromatic rings. The van der Waals surface area contributed by atoms with E-state index in [1.165, 1.54) is 40.1 Å². The highest BCUT2D eigenvalue weighted by molar-refractivity contribution is 5.99. The Bertz CT molecular complexity index is 1240. The minimum atomic E-state index is -1.41. The van der Waals surface area contributed by atoms with E-state index in [4.69, 9.17) is 0 Å². The standard InChI is InChI=1S/C26H29FN4O7/c1-26(2,3)15-21(32)29-11-12-30(25(36)16-7-9-18(27)10-8-16)24(29)23(35)28-20(14-22(33)34)17-5-4-6-19(13-17)31(37)38/h4-10,13,20,24H,11-12,14-15H2,1-3H3,(H,28,35)(H,33,34). The maximum Gasteiger partial charge on any atom is 0.305 e. The first-order valence-electron chi connectivity index (χ1n) is 11.9. The van der Waals surface area contributed by atoms with E-state index in [9.17, 15) is 38.8 Å². The van der Waals surface area contributed by atoms with Crippen molar-refractivity contribution in [3.05, 3.63) is 75.6 Å². The second kappa shape index (κ2) is 11.4. The van der Waals surface area contributed by atoms with E-state index in [1.807, 2.05) is 20.8 Å². The van der Waals surface area contributed by atoms with Crippen LogP contribution in [0.25, 0.3) is 0 Å². The van der Waals surface area contributed by atoms with Crippen LogP contribution in [0.2, 0.25) is 0 Å². The molecule has 0 radical (unpaired) electrons. The SMILES string of the molecule is CC(C)(C)CC(=O)N1CCN(C(=O)c2ccc(F)cc2)C1C(=O)NC(CC(=O)O)c1cccc([N+](=O)[O-])c1. The van der Waals surface area contributed by atoms with Gasteiger partial charge in [0, 0.05) is 37.2 Å². The van der Waals surface area contributed by atoms with Gasteiger partial charge in [-0.3, -0.25) is 29.3 Å². The second-order valence-electron chi connectivity index (χ2n) is 10.2. The zero-order chi connectivity index (χ0) is 28.2. The first kappa shape index (κ1) is 28.2. The molecule has 12 heteroatoms. The van der Waals surface area contributed by atoms with Crippen LogP contribution < -0.4 is 5.32 Å². The van der Waals surface area contributed by atoms with Crippen molar-refractivity contribution in [3.63, 3.8) is 0 Å². The number of nitrogens with zero attached hydrogens (tertiary/aromatic N) is 3. The zero-order valence-corrected chi connectivity index (χ0v) is 21.2. The van der Waals surface area contributed by atoms with Crippen molar-refractivity contribution in [2.24, 2.45) is 5.41 Å². The van der Waals surface area contributed by atoms with Crippen LogP contribution in [0, 0.1) is 21.3 Å². The van der Waals surface area contributed by atoms with Crippen molar-refractivity contribution >= 4 is 29.4 Å². The average Bonchev–Trinajstić information content (AvgIpc) is 3.28. The average molecular weight is 529 g/mol. The van der Waals surface area contributed by atoms with Crippen LogP contribution in [-0.2, 0) is 14.4 Å². The predicted molar refractivity (Wildman–Crippen MR) is 133 cm³/mol. The van der Waals surface area contributed by atoms with Gasteiger partial charge >= 0.3 is 5.97 Å². The quantitative estimate of drug-likeness (QED) is 0.395. The Kier molecular flexibility index (Phi) is 8.44. The molecule has 1 saturated heterocycles. The fourth-order valence-corrected chi connectivity index (χ4v) is 4.23. The Hall–Kier alpha value is -4.35. The fraction of sp³-hybridized carbons (Fsp3) is 0.385. The van der Waals surface area contributed by atoms with E-state index in [0.29, 0.717) is 0 Å². The third kappa shape index (κ3) is 6.90. The number of carboxylic acids is 1. The van der Waals surface area contributed by atoms with E-state index < -0.39 is 52.6 Å². The molecule has 0 aliphatic carbocycles.